The van der Waals surface area contributed by atoms with Crippen LogP contribution in [-0.4, -0.2) is 47.4 Å². The third kappa shape index (κ3) is 65.4. The van der Waals surface area contributed by atoms with Crippen LogP contribution in [0.4, 0.5) is 0 Å². The van der Waals surface area contributed by atoms with Crippen molar-refractivity contribution >= 4 is 11.9 Å². The highest BCUT2D eigenvalue weighted by molar-refractivity contribution is 5.76. The van der Waals surface area contributed by atoms with E-state index in [9.17, 15) is 19.8 Å². The van der Waals surface area contributed by atoms with E-state index in [-0.39, 0.29) is 18.5 Å². The molecule has 0 heterocycles. The summed E-state index contributed by atoms with van der Waals surface area (Å²) in [5.74, 6) is -0.0242. The van der Waals surface area contributed by atoms with E-state index < -0.39 is 12.1 Å². The van der Waals surface area contributed by atoms with E-state index in [1.54, 1.807) is 0 Å². The van der Waals surface area contributed by atoms with Crippen molar-refractivity contribution in [2.45, 2.75) is 418 Å². The van der Waals surface area contributed by atoms with Gasteiger partial charge in [-0.15, -0.1) is 0 Å². The first-order chi connectivity index (χ1) is 39.0. The molecule has 1 amide bonds. The number of hydrogen-bond acceptors (Lipinski definition) is 5. The van der Waals surface area contributed by atoms with E-state index in [0.717, 1.165) is 44.9 Å². The zero-order valence-corrected chi connectivity index (χ0v) is 53.6. The second-order valence-electron chi connectivity index (χ2n) is 24.9. The van der Waals surface area contributed by atoms with Gasteiger partial charge in [-0.05, 0) is 57.8 Å². The highest BCUT2D eigenvalue weighted by atomic mass is 16.5. The maximum Gasteiger partial charge on any atom is 0.305 e. The van der Waals surface area contributed by atoms with Crippen LogP contribution in [0.2, 0.25) is 0 Å². The molecule has 6 nitrogen and oxygen atoms in total. The summed E-state index contributed by atoms with van der Waals surface area (Å²) in [6.07, 6.45) is 86.5. The summed E-state index contributed by atoms with van der Waals surface area (Å²) < 4.78 is 5.49. The van der Waals surface area contributed by atoms with Crippen LogP contribution in [0.3, 0.4) is 0 Å². The third-order valence-corrected chi connectivity index (χ3v) is 17.0. The molecule has 0 aliphatic heterocycles. The second kappa shape index (κ2) is 68.8. The van der Waals surface area contributed by atoms with Gasteiger partial charge in [0.2, 0.25) is 5.91 Å². The average Bonchev–Trinajstić information content (AvgIpc) is 3.45. The molecule has 0 aromatic carbocycles. The summed E-state index contributed by atoms with van der Waals surface area (Å²) in [6.45, 7) is 4.99. The summed E-state index contributed by atoms with van der Waals surface area (Å²) in [5, 5.41) is 23.4. The zero-order chi connectivity index (χ0) is 57.1. The number of carbonyl (C=O) groups excluding carboxylic acids is 2. The molecule has 0 radical (unpaired) electrons. The number of nitrogens with one attached hydrogen (secondary N) is 1. The summed E-state index contributed by atoms with van der Waals surface area (Å²) in [6, 6.07) is -0.547. The Kier molecular flexibility index (Phi) is 67.4. The minimum Gasteiger partial charge on any atom is -0.466 e. The molecule has 2 atom stereocenters. The Morgan fingerprint density at radius 1 is 0.354 bits per heavy atom. The van der Waals surface area contributed by atoms with Gasteiger partial charge in [0, 0.05) is 12.8 Å². The molecule has 0 saturated carbocycles. The predicted octanol–water partition coefficient (Wildman–Crippen LogP) is 23.3. The zero-order valence-electron chi connectivity index (χ0n) is 53.6. The van der Waals surface area contributed by atoms with Crippen LogP contribution >= 0.6 is 0 Å². The number of ether oxygens (including phenoxy) is 1. The van der Waals surface area contributed by atoms with Gasteiger partial charge < -0.3 is 20.3 Å². The number of unbranched alkanes of at least 4 members (excludes halogenated alkanes) is 53. The molecule has 0 aliphatic rings. The lowest BCUT2D eigenvalue weighted by Crippen LogP contribution is -2.45. The normalized spacial score (nSPS) is 12.6. The minimum atomic E-state index is -0.670. The largest absolute Gasteiger partial charge is 0.466 e. The lowest BCUT2D eigenvalue weighted by atomic mass is 10.0. The van der Waals surface area contributed by atoms with Gasteiger partial charge in [0.05, 0.1) is 25.4 Å². The van der Waals surface area contributed by atoms with Gasteiger partial charge in [-0.3, -0.25) is 9.59 Å². The van der Waals surface area contributed by atoms with Crippen molar-refractivity contribution in [3.8, 4) is 0 Å². The van der Waals surface area contributed by atoms with Crippen molar-refractivity contribution in [3.63, 3.8) is 0 Å². The lowest BCUT2D eigenvalue weighted by molar-refractivity contribution is -0.143. The Labute approximate surface area is 494 Å². The Morgan fingerprint density at radius 3 is 0.962 bits per heavy atom. The molecular weight excluding hydrogens is 971 g/mol. The topological polar surface area (TPSA) is 95.9 Å². The van der Waals surface area contributed by atoms with Gasteiger partial charge in [-0.2, -0.15) is 0 Å². The number of esters is 1. The molecule has 0 aromatic rings. The molecule has 3 N–H and O–H groups in total. The number of allylic oxidation sites excluding steroid dienone is 4. The second-order valence-corrected chi connectivity index (χ2v) is 24.9. The van der Waals surface area contributed by atoms with Crippen LogP contribution in [0.25, 0.3) is 0 Å². The lowest BCUT2D eigenvalue weighted by Gasteiger charge is -2.22. The van der Waals surface area contributed by atoms with Crippen LogP contribution in [0.5, 0.6) is 0 Å². The van der Waals surface area contributed by atoms with Crippen molar-refractivity contribution in [2.24, 2.45) is 0 Å². The van der Waals surface area contributed by atoms with E-state index in [1.165, 1.54) is 327 Å². The minimum absolute atomic E-state index is 0.0122. The van der Waals surface area contributed by atoms with Crippen LogP contribution in [0.1, 0.15) is 406 Å². The van der Waals surface area contributed by atoms with Gasteiger partial charge in [-0.25, -0.2) is 0 Å². The number of hydrogen-bond donors (Lipinski definition) is 3. The summed E-state index contributed by atoms with van der Waals surface area (Å²) in [7, 11) is 0. The van der Waals surface area contributed by atoms with Gasteiger partial charge >= 0.3 is 5.97 Å². The molecule has 0 aliphatic carbocycles. The standard InChI is InChI=1S/C73H141NO5/c1-3-5-7-9-11-13-15-17-19-20-21-22-26-29-32-35-38-41-45-49-53-57-61-65-71(76)70(69-75)74-72(77)66-62-58-54-50-46-42-39-36-33-30-27-24-23-25-28-31-34-37-40-44-48-52-56-60-64-68-79-73(78)67-63-59-55-51-47-43-18-16-14-12-10-8-6-4-2/h24-25,27-28,70-71,75-76H,3-23,26,29-69H2,1-2H3,(H,74,77)/b27-24-,28-25-. The molecule has 0 rings (SSSR count). The fourth-order valence-corrected chi connectivity index (χ4v) is 11.5. The molecule has 79 heavy (non-hydrogen) atoms. The molecule has 2 unspecified atom stereocenters. The SMILES string of the molecule is CCCCCCCCCCCCCCCCCCCCCCCCCC(O)C(CO)NC(=O)CCCCCCCCCCC/C=C\C/C=C\CCCCCCCCCCCOC(=O)CCCCCCCCCCCCCCCC. The van der Waals surface area contributed by atoms with Crippen molar-refractivity contribution in [2.75, 3.05) is 13.2 Å². The summed E-state index contributed by atoms with van der Waals surface area (Å²) >= 11 is 0. The van der Waals surface area contributed by atoms with Crippen LogP contribution < -0.4 is 5.32 Å². The maximum absolute atomic E-state index is 12.6. The first kappa shape index (κ1) is 77.3. The first-order valence-electron chi connectivity index (χ1n) is 36.1. The van der Waals surface area contributed by atoms with E-state index in [0.29, 0.717) is 25.9 Å². The molecule has 468 valence electrons. The number of carbonyl (C=O) groups is 2. The number of rotatable bonds is 68. The fraction of sp³-hybridized carbons (Fsp3) is 0.918. The third-order valence-electron chi connectivity index (χ3n) is 17.0. The van der Waals surface area contributed by atoms with Crippen molar-refractivity contribution in [1.82, 2.24) is 5.32 Å². The fourth-order valence-electron chi connectivity index (χ4n) is 11.5. The Balaban J connectivity index is 3.42. The monoisotopic (exact) mass is 1110 g/mol. The summed E-state index contributed by atoms with van der Waals surface area (Å²) in [4.78, 5) is 24.6. The Hall–Kier alpha value is -1.66. The Bertz CT molecular complexity index is 1230. The number of amides is 1. The number of aliphatic hydroxyl groups is 2. The van der Waals surface area contributed by atoms with E-state index in [1.807, 2.05) is 0 Å². The van der Waals surface area contributed by atoms with Gasteiger partial charge in [0.1, 0.15) is 0 Å². The maximum atomic E-state index is 12.6. The van der Waals surface area contributed by atoms with Gasteiger partial charge in [-0.1, -0.05) is 359 Å². The van der Waals surface area contributed by atoms with Crippen molar-refractivity contribution < 1.29 is 24.5 Å². The Morgan fingerprint density at radius 2 is 0.633 bits per heavy atom. The van der Waals surface area contributed by atoms with Crippen LogP contribution in [-0.2, 0) is 14.3 Å². The smallest absolute Gasteiger partial charge is 0.305 e. The van der Waals surface area contributed by atoms with E-state index >= 15 is 0 Å². The number of aliphatic hydroxyl groups excluding tert-OH is 2. The first-order valence-corrected chi connectivity index (χ1v) is 36.1. The molecule has 0 fully saturated rings. The molecular formula is C73H141NO5. The van der Waals surface area contributed by atoms with Gasteiger partial charge in [0.15, 0.2) is 0 Å². The van der Waals surface area contributed by atoms with Crippen LogP contribution in [0.15, 0.2) is 24.3 Å². The van der Waals surface area contributed by atoms with Crippen molar-refractivity contribution in [1.29, 1.82) is 0 Å². The molecule has 0 saturated heterocycles. The highest BCUT2D eigenvalue weighted by Crippen LogP contribution is 2.19. The summed E-state index contributed by atoms with van der Waals surface area (Å²) in [5.41, 5.74) is 0. The van der Waals surface area contributed by atoms with Crippen molar-refractivity contribution in [3.05, 3.63) is 24.3 Å². The predicted molar refractivity (Wildman–Crippen MR) is 347 cm³/mol. The highest BCUT2D eigenvalue weighted by Gasteiger charge is 2.20. The quantitative estimate of drug-likeness (QED) is 0.0320. The molecule has 6 heteroatoms. The molecule has 0 spiro atoms. The van der Waals surface area contributed by atoms with E-state index in [4.69, 9.17) is 4.74 Å². The van der Waals surface area contributed by atoms with Crippen LogP contribution in [0, 0.1) is 0 Å². The average molecular weight is 1110 g/mol. The molecule has 0 aromatic heterocycles. The molecule has 0 bridgehead atoms. The van der Waals surface area contributed by atoms with E-state index in [2.05, 4.69) is 43.5 Å². The van der Waals surface area contributed by atoms with Gasteiger partial charge in [0.25, 0.3) is 0 Å².